The quantitative estimate of drug-likeness (QED) is 0.814. The SMILES string of the molecule is N#CCCN1CCC(C#N)(c2ccccc2)CC1. The molecule has 1 saturated heterocycles. The van der Waals surface area contributed by atoms with E-state index in [1.807, 2.05) is 30.3 Å². The molecule has 0 radical (unpaired) electrons. The summed E-state index contributed by atoms with van der Waals surface area (Å²) in [5.74, 6) is 0. The van der Waals surface area contributed by atoms with Crippen molar-refractivity contribution in [1.29, 1.82) is 10.5 Å². The molecule has 0 aliphatic carbocycles. The monoisotopic (exact) mass is 239 g/mol. The zero-order valence-electron chi connectivity index (χ0n) is 10.5. The lowest BCUT2D eigenvalue weighted by Crippen LogP contribution is -2.42. The van der Waals surface area contributed by atoms with Crippen molar-refractivity contribution in [3.8, 4) is 12.1 Å². The Kier molecular flexibility index (Phi) is 3.97. The highest BCUT2D eigenvalue weighted by molar-refractivity contribution is 5.33. The minimum absolute atomic E-state index is 0.329. The van der Waals surface area contributed by atoms with Crippen LogP contribution in [0.4, 0.5) is 0 Å². The number of nitrogens with zero attached hydrogens (tertiary/aromatic N) is 3. The summed E-state index contributed by atoms with van der Waals surface area (Å²) < 4.78 is 0. The molecule has 1 aromatic rings. The second-order valence-electron chi connectivity index (χ2n) is 4.81. The van der Waals surface area contributed by atoms with E-state index in [0.29, 0.717) is 6.42 Å². The number of piperidine rings is 1. The second-order valence-corrected chi connectivity index (χ2v) is 4.81. The van der Waals surface area contributed by atoms with Gasteiger partial charge in [0.15, 0.2) is 0 Å². The molecule has 0 saturated carbocycles. The Morgan fingerprint density at radius 1 is 1.11 bits per heavy atom. The van der Waals surface area contributed by atoms with E-state index in [1.165, 1.54) is 0 Å². The molecule has 0 unspecified atom stereocenters. The Bertz CT molecular complexity index is 459. The minimum atomic E-state index is -0.329. The van der Waals surface area contributed by atoms with Crippen LogP contribution in [0.1, 0.15) is 24.8 Å². The van der Waals surface area contributed by atoms with E-state index < -0.39 is 0 Å². The van der Waals surface area contributed by atoms with Crippen LogP contribution < -0.4 is 0 Å². The van der Waals surface area contributed by atoms with Gasteiger partial charge in [0, 0.05) is 26.1 Å². The summed E-state index contributed by atoms with van der Waals surface area (Å²) in [6, 6.07) is 14.8. The Morgan fingerprint density at radius 2 is 1.78 bits per heavy atom. The summed E-state index contributed by atoms with van der Waals surface area (Å²) in [5, 5.41) is 18.1. The Labute approximate surface area is 108 Å². The molecule has 18 heavy (non-hydrogen) atoms. The molecule has 1 fully saturated rings. The average molecular weight is 239 g/mol. The smallest absolute Gasteiger partial charge is 0.0846 e. The third-order valence-electron chi connectivity index (χ3n) is 3.79. The third-order valence-corrected chi connectivity index (χ3v) is 3.79. The van der Waals surface area contributed by atoms with Gasteiger partial charge in [-0.15, -0.1) is 0 Å². The van der Waals surface area contributed by atoms with Crippen molar-refractivity contribution in [1.82, 2.24) is 4.90 Å². The fourth-order valence-corrected chi connectivity index (χ4v) is 2.59. The summed E-state index contributed by atoms with van der Waals surface area (Å²) in [6.45, 7) is 2.64. The lowest BCUT2D eigenvalue weighted by Gasteiger charge is -2.37. The summed E-state index contributed by atoms with van der Waals surface area (Å²) in [5.41, 5.74) is 0.803. The van der Waals surface area contributed by atoms with Gasteiger partial charge in [0.1, 0.15) is 0 Å². The van der Waals surface area contributed by atoms with Crippen LogP contribution in [0.3, 0.4) is 0 Å². The first-order valence-corrected chi connectivity index (χ1v) is 6.37. The van der Waals surface area contributed by atoms with E-state index in [2.05, 4.69) is 17.0 Å². The van der Waals surface area contributed by atoms with Crippen LogP contribution in [0.15, 0.2) is 30.3 Å². The van der Waals surface area contributed by atoms with E-state index in [1.54, 1.807) is 0 Å². The summed E-state index contributed by atoms with van der Waals surface area (Å²) in [7, 11) is 0. The number of hydrogen-bond donors (Lipinski definition) is 0. The number of likely N-dealkylation sites (tertiary alicyclic amines) is 1. The molecule has 0 aromatic heterocycles. The number of hydrogen-bond acceptors (Lipinski definition) is 3. The normalized spacial score (nSPS) is 18.8. The fourth-order valence-electron chi connectivity index (χ4n) is 2.59. The lowest BCUT2D eigenvalue weighted by atomic mass is 9.74. The first kappa shape index (κ1) is 12.6. The standard InChI is InChI=1S/C15H17N3/c16-9-4-10-18-11-7-15(13-17,8-12-18)14-5-2-1-3-6-14/h1-3,5-6H,4,7-8,10-12H2. The Morgan fingerprint density at radius 3 is 2.33 bits per heavy atom. The van der Waals surface area contributed by atoms with Gasteiger partial charge >= 0.3 is 0 Å². The first-order valence-electron chi connectivity index (χ1n) is 6.37. The van der Waals surface area contributed by atoms with E-state index >= 15 is 0 Å². The van der Waals surface area contributed by atoms with Gasteiger partial charge in [0.25, 0.3) is 0 Å². The largest absolute Gasteiger partial charge is 0.302 e. The Balaban J connectivity index is 2.06. The van der Waals surface area contributed by atoms with Gasteiger partial charge in [-0.1, -0.05) is 30.3 Å². The average Bonchev–Trinajstić information content (AvgIpc) is 2.46. The van der Waals surface area contributed by atoms with Crippen LogP contribution in [0, 0.1) is 22.7 Å². The minimum Gasteiger partial charge on any atom is -0.302 e. The van der Waals surface area contributed by atoms with Crippen LogP contribution in [0.2, 0.25) is 0 Å². The number of rotatable bonds is 3. The molecule has 0 spiro atoms. The van der Waals surface area contributed by atoms with Gasteiger partial charge in [-0.25, -0.2) is 0 Å². The highest BCUT2D eigenvalue weighted by Crippen LogP contribution is 2.34. The molecular weight excluding hydrogens is 222 g/mol. The third kappa shape index (κ3) is 2.53. The van der Waals surface area contributed by atoms with E-state index in [0.717, 1.165) is 38.0 Å². The van der Waals surface area contributed by atoms with Crippen LogP contribution in [-0.4, -0.2) is 24.5 Å². The maximum absolute atomic E-state index is 9.54. The topological polar surface area (TPSA) is 50.8 Å². The van der Waals surface area contributed by atoms with Crippen molar-refractivity contribution in [2.45, 2.75) is 24.7 Å². The summed E-state index contributed by atoms with van der Waals surface area (Å²) in [6.07, 6.45) is 2.29. The van der Waals surface area contributed by atoms with Gasteiger partial charge in [-0.3, -0.25) is 0 Å². The molecule has 0 bridgehead atoms. The maximum Gasteiger partial charge on any atom is 0.0846 e. The Hall–Kier alpha value is -1.84. The van der Waals surface area contributed by atoms with Crippen LogP contribution in [-0.2, 0) is 5.41 Å². The lowest BCUT2D eigenvalue weighted by molar-refractivity contribution is 0.189. The van der Waals surface area contributed by atoms with Crippen molar-refractivity contribution in [2.24, 2.45) is 0 Å². The zero-order valence-corrected chi connectivity index (χ0v) is 10.5. The van der Waals surface area contributed by atoms with Crippen molar-refractivity contribution < 1.29 is 0 Å². The molecule has 1 heterocycles. The van der Waals surface area contributed by atoms with Gasteiger partial charge in [0.05, 0.1) is 17.6 Å². The molecule has 0 N–H and O–H groups in total. The van der Waals surface area contributed by atoms with E-state index in [4.69, 9.17) is 5.26 Å². The molecule has 0 amide bonds. The van der Waals surface area contributed by atoms with Crippen LogP contribution >= 0.6 is 0 Å². The van der Waals surface area contributed by atoms with Gasteiger partial charge in [0.2, 0.25) is 0 Å². The molecule has 1 aromatic carbocycles. The predicted molar refractivity (Wildman–Crippen MR) is 69.6 cm³/mol. The zero-order chi connectivity index (χ0) is 12.8. The van der Waals surface area contributed by atoms with Crippen molar-refractivity contribution in [3.05, 3.63) is 35.9 Å². The molecule has 3 nitrogen and oxygen atoms in total. The van der Waals surface area contributed by atoms with Crippen molar-refractivity contribution in [3.63, 3.8) is 0 Å². The fraction of sp³-hybridized carbons (Fsp3) is 0.467. The first-order chi connectivity index (χ1) is 8.80. The van der Waals surface area contributed by atoms with E-state index in [9.17, 15) is 5.26 Å². The van der Waals surface area contributed by atoms with Crippen LogP contribution in [0.25, 0.3) is 0 Å². The predicted octanol–water partition coefficient (Wildman–Crippen LogP) is 2.46. The summed E-state index contributed by atoms with van der Waals surface area (Å²) in [4.78, 5) is 2.28. The number of benzene rings is 1. The van der Waals surface area contributed by atoms with Crippen molar-refractivity contribution >= 4 is 0 Å². The number of nitriles is 2. The molecular formula is C15H17N3. The van der Waals surface area contributed by atoms with Crippen LogP contribution in [0.5, 0.6) is 0 Å². The van der Waals surface area contributed by atoms with Gasteiger partial charge < -0.3 is 4.90 Å². The molecule has 92 valence electrons. The summed E-state index contributed by atoms with van der Waals surface area (Å²) >= 11 is 0. The van der Waals surface area contributed by atoms with E-state index in [-0.39, 0.29) is 5.41 Å². The highest BCUT2D eigenvalue weighted by atomic mass is 15.1. The molecule has 2 rings (SSSR count). The van der Waals surface area contributed by atoms with Crippen molar-refractivity contribution in [2.75, 3.05) is 19.6 Å². The molecule has 0 atom stereocenters. The molecule has 1 aliphatic heterocycles. The molecule has 1 aliphatic rings. The second kappa shape index (κ2) is 5.67. The van der Waals surface area contributed by atoms with Gasteiger partial charge in [-0.2, -0.15) is 10.5 Å². The highest BCUT2D eigenvalue weighted by Gasteiger charge is 2.35. The molecule has 3 heteroatoms. The maximum atomic E-state index is 9.54. The van der Waals surface area contributed by atoms with Gasteiger partial charge in [-0.05, 0) is 18.4 Å².